The molecule has 0 saturated carbocycles. The molecule has 158 valence electrons. The van der Waals surface area contributed by atoms with Gasteiger partial charge in [0.15, 0.2) is 0 Å². The zero-order valence-electron chi connectivity index (χ0n) is 16.9. The molecule has 0 aliphatic carbocycles. The van der Waals surface area contributed by atoms with Crippen LogP contribution in [0, 0.1) is 5.92 Å². The Balaban J connectivity index is 1.61. The van der Waals surface area contributed by atoms with Gasteiger partial charge in [0.05, 0.1) is 12.8 Å². The van der Waals surface area contributed by atoms with E-state index in [4.69, 9.17) is 16.3 Å². The highest BCUT2D eigenvalue weighted by Gasteiger charge is 2.28. The smallest absolute Gasteiger partial charge is 0.253 e. The Hall–Kier alpha value is -3.06. The summed E-state index contributed by atoms with van der Waals surface area (Å²) in [5.74, 6) is -0.0987. The number of nitrogens with zero attached hydrogens (tertiary/aromatic N) is 1. The third kappa shape index (κ3) is 5.30. The highest BCUT2D eigenvalue weighted by molar-refractivity contribution is 6.30. The Morgan fingerprint density at radius 1 is 1.03 bits per heavy atom. The minimum atomic E-state index is -0.214. The number of likely N-dealkylation sites (tertiary alicyclic amines) is 1. The van der Waals surface area contributed by atoms with Gasteiger partial charge in [-0.05, 0) is 55.3 Å². The van der Waals surface area contributed by atoms with Gasteiger partial charge in [-0.3, -0.25) is 14.4 Å². The van der Waals surface area contributed by atoms with E-state index < -0.39 is 0 Å². The number of hydrogen-bond acceptors (Lipinski definition) is 4. The lowest BCUT2D eigenvalue weighted by Gasteiger charge is -2.31. The molecule has 1 aliphatic heterocycles. The molecule has 0 atom stereocenters. The van der Waals surface area contributed by atoms with Crippen LogP contribution in [0.2, 0.25) is 5.02 Å². The first-order valence-electron chi connectivity index (χ1n) is 9.68. The Labute approximate surface area is 180 Å². The number of rotatable bonds is 5. The van der Waals surface area contributed by atoms with Crippen molar-refractivity contribution in [2.45, 2.75) is 19.8 Å². The van der Waals surface area contributed by atoms with Crippen molar-refractivity contribution in [1.82, 2.24) is 4.90 Å². The predicted octanol–water partition coefficient (Wildman–Crippen LogP) is 3.80. The number of carbonyl (C=O) groups excluding carboxylic acids is 3. The first-order valence-corrected chi connectivity index (χ1v) is 10.1. The maximum Gasteiger partial charge on any atom is 0.253 e. The fourth-order valence-corrected chi connectivity index (χ4v) is 3.57. The minimum Gasteiger partial charge on any atom is -0.495 e. The standard InChI is InChI=1S/C22H24ClN3O4/c1-14(27)24-18-7-8-20(30-2)19(13-18)25-21(28)15-9-11-26(12-10-15)22(29)16-3-5-17(23)6-4-16/h3-8,13,15H,9-12H2,1-2H3,(H,24,27)(H,25,28). The fraction of sp³-hybridized carbons (Fsp3) is 0.318. The van der Waals surface area contributed by atoms with Gasteiger partial charge in [0.1, 0.15) is 5.75 Å². The molecule has 1 aliphatic rings. The first-order chi connectivity index (χ1) is 14.4. The van der Waals surface area contributed by atoms with Gasteiger partial charge in [0, 0.05) is 42.2 Å². The number of methoxy groups -OCH3 is 1. The molecule has 0 bridgehead atoms. The lowest BCUT2D eigenvalue weighted by Crippen LogP contribution is -2.41. The van der Waals surface area contributed by atoms with Crippen LogP contribution in [0.3, 0.4) is 0 Å². The number of ether oxygens (including phenoxy) is 1. The monoisotopic (exact) mass is 429 g/mol. The average Bonchev–Trinajstić information content (AvgIpc) is 2.73. The number of carbonyl (C=O) groups is 3. The third-order valence-corrected chi connectivity index (χ3v) is 5.27. The third-order valence-electron chi connectivity index (χ3n) is 5.02. The van der Waals surface area contributed by atoms with Crippen LogP contribution in [0.1, 0.15) is 30.1 Å². The second kappa shape index (κ2) is 9.63. The first kappa shape index (κ1) is 21.6. The second-order valence-corrected chi connectivity index (χ2v) is 7.60. The van der Waals surface area contributed by atoms with Gasteiger partial charge >= 0.3 is 0 Å². The molecular weight excluding hydrogens is 406 g/mol. The summed E-state index contributed by atoms with van der Waals surface area (Å²) in [6.07, 6.45) is 1.14. The number of amides is 3. The van der Waals surface area contributed by atoms with E-state index in [1.54, 1.807) is 47.4 Å². The van der Waals surface area contributed by atoms with Crippen molar-refractivity contribution in [1.29, 1.82) is 0 Å². The van der Waals surface area contributed by atoms with Crippen LogP contribution < -0.4 is 15.4 Å². The lowest BCUT2D eigenvalue weighted by atomic mass is 9.95. The summed E-state index contributed by atoms with van der Waals surface area (Å²) >= 11 is 5.88. The molecular formula is C22H24ClN3O4. The minimum absolute atomic E-state index is 0.0600. The van der Waals surface area contributed by atoms with E-state index in [-0.39, 0.29) is 23.6 Å². The summed E-state index contributed by atoms with van der Waals surface area (Å²) in [5.41, 5.74) is 1.65. The number of nitrogens with one attached hydrogen (secondary N) is 2. The second-order valence-electron chi connectivity index (χ2n) is 7.16. The van der Waals surface area contributed by atoms with Crippen LogP contribution in [0.15, 0.2) is 42.5 Å². The van der Waals surface area contributed by atoms with E-state index in [1.165, 1.54) is 14.0 Å². The van der Waals surface area contributed by atoms with E-state index in [2.05, 4.69) is 10.6 Å². The Morgan fingerprint density at radius 3 is 2.30 bits per heavy atom. The average molecular weight is 430 g/mol. The predicted molar refractivity (Wildman–Crippen MR) is 116 cm³/mol. The Kier molecular flexibility index (Phi) is 6.95. The molecule has 1 fully saturated rings. The number of anilines is 2. The molecule has 8 heteroatoms. The molecule has 7 nitrogen and oxygen atoms in total. The number of hydrogen-bond donors (Lipinski definition) is 2. The topological polar surface area (TPSA) is 87.7 Å². The van der Waals surface area contributed by atoms with Gasteiger partial charge in [0.2, 0.25) is 11.8 Å². The van der Waals surface area contributed by atoms with E-state index in [0.717, 1.165) is 0 Å². The summed E-state index contributed by atoms with van der Waals surface area (Å²) in [6.45, 7) is 2.42. The van der Waals surface area contributed by atoms with Crippen LogP contribution in [-0.2, 0) is 9.59 Å². The van der Waals surface area contributed by atoms with E-state index in [9.17, 15) is 14.4 Å². The van der Waals surface area contributed by atoms with Crippen molar-refractivity contribution in [3.63, 3.8) is 0 Å². The Morgan fingerprint density at radius 2 is 1.70 bits per heavy atom. The van der Waals surface area contributed by atoms with Gasteiger partial charge in [-0.25, -0.2) is 0 Å². The molecule has 1 saturated heterocycles. The van der Waals surface area contributed by atoms with Crippen molar-refractivity contribution in [3.05, 3.63) is 53.1 Å². The summed E-state index contributed by atoms with van der Waals surface area (Å²) in [5, 5.41) is 6.17. The number of halogens is 1. The lowest BCUT2D eigenvalue weighted by molar-refractivity contribution is -0.121. The van der Waals surface area contributed by atoms with Gasteiger partial charge in [-0.15, -0.1) is 0 Å². The van der Waals surface area contributed by atoms with E-state index in [0.29, 0.717) is 53.6 Å². The highest BCUT2D eigenvalue weighted by atomic mass is 35.5. The number of benzene rings is 2. The van der Waals surface area contributed by atoms with Crippen molar-refractivity contribution < 1.29 is 19.1 Å². The zero-order valence-corrected chi connectivity index (χ0v) is 17.7. The van der Waals surface area contributed by atoms with Gasteiger partial charge < -0.3 is 20.3 Å². The quantitative estimate of drug-likeness (QED) is 0.756. The van der Waals surface area contributed by atoms with Crippen molar-refractivity contribution in [2.24, 2.45) is 5.92 Å². The molecule has 2 aromatic rings. The fourth-order valence-electron chi connectivity index (χ4n) is 3.44. The SMILES string of the molecule is COc1ccc(NC(C)=O)cc1NC(=O)C1CCN(C(=O)c2ccc(Cl)cc2)CC1. The van der Waals surface area contributed by atoms with Crippen LogP contribution >= 0.6 is 11.6 Å². The van der Waals surface area contributed by atoms with E-state index in [1.807, 2.05) is 0 Å². The van der Waals surface area contributed by atoms with Gasteiger partial charge in [0.25, 0.3) is 5.91 Å². The molecule has 0 radical (unpaired) electrons. The summed E-state index contributed by atoms with van der Waals surface area (Å²) < 4.78 is 5.31. The molecule has 3 rings (SSSR count). The normalized spacial score (nSPS) is 14.2. The molecule has 0 spiro atoms. The molecule has 2 N–H and O–H groups in total. The van der Waals surface area contributed by atoms with Gasteiger partial charge in [-0.2, -0.15) is 0 Å². The van der Waals surface area contributed by atoms with Crippen LogP contribution in [0.4, 0.5) is 11.4 Å². The number of piperidine rings is 1. The highest BCUT2D eigenvalue weighted by Crippen LogP contribution is 2.29. The van der Waals surface area contributed by atoms with Gasteiger partial charge in [-0.1, -0.05) is 11.6 Å². The largest absolute Gasteiger partial charge is 0.495 e. The molecule has 1 heterocycles. The van der Waals surface area contributed by atoms with Crippen molar-refractivity contribution in [2.75, 3.05) is 30.8 Å². The summed E-state index contributed by atoms with van der Waals surface area (Å²) in [7, 11) is 1.52. The maximum atomic E-state index is 12.8. The van der Waals surface area contributed by atoms with Crippen LogP contribution in [-0.4, -0.2) is 42.8 Å². The zero-order chi connectivity index (χ0) is 21.7. The molecule has 0 unspecified atom stereocenters. The molecule has 2 aromatic carbocycles. The van der Waals surface area contributed by atoms with Crippen molar-refractivity contribution in [3.8, 4) is 5.75 Å². The Bertz CT molecular complexity index is 938. The van der Waals surface area contributed by atoms with E-state index >= 15 is 0 Å². The summed E-state index contributed by atoms with van der Waals surface area (Å²) in [4.78, 5) is 38.4. The molecule has 3 amide bonds. The maximum absolute atomic E-state index is 12.8. The van der Waals surface area contributed by atoms with Crippen molar-refractivity contribution >= 4 is 40.7 Å². The molecule has 0 aromatic heterocycles. The molecule has 30 heavy (non-hydrogen) atoms. The summed E-state index contributed by atoms with van der Waals surface area (Å²) in [6, 6.07) is 11.9. The van der Waals surface area contributed by atoms with Crippen LogP contribution in [0.25, 0.3) is 0 Å². The van der Waals surface area contributed by atoms with Crippen LogP contribution in [0.5, 0.6) is 5.75 Å².